The smallest absolute Gasteiger partial charge is 0.245 e. The van der Waals surface area contributed by atoms with Crippen molar-refractivity contribution < 1.29 is 4.79 Å². The lowest BCUT2D eigenvalue weighted by Gasteiger charge is -2.26. The molecule has 5 nitrogen and oxygen atoms in total. The Hall–Kier alpha value is -1.62. The fourth-order valence-corrected chi connectivity index (χ4v) is 1.30. The number of carbonyl (C=O) groups excluding carboxylic acids is 1. The summed E-state index contributed by atoms with van der Waals surface area (Å²) >= 11 is 0. The molecule has 0 aromatic carbocycles. The molecule has 88 valence electrons. The summed E-state index contributed by atoms with van der Waals surface area (Å²) in [5.41, 5.74) is 4.51. The molecular weight excluding hydrogens is 206 g/mol. The van der Waals surface area contributed by atoms with Crippen molar-refractivity contribution in [2.45, 2.75) is 19.4 Å². The van der Waals surface area contributed by atoms with Gasteiger partial charge in [0.25, 0.3) is 0 Å². The number of hydrogen-bond donors (Lipinski definition) is 2. The molecule has 1 rings (SSSR count). The highest BCUT2D eigenvalue weighted by Crippen LogP contribution is 2.13. The van der Waals surface area contributed by atoms with Gasteiger partial charge in [-0.25, -0.2) is 0 Å². The van der Waals surface area contributed by atoms with Crippen molar-refractivity contribution in [3.05, 3.63) is 34.7 Å². The van der Waals surface area contributed by atoms with Crippen LogP contribution >= 0.6 is 0 Å². The van der Waals surface area contributed by atoms with E-state index in [0.29, 0.717) is 13.1 Å². The first kappa shape index (κ1) is 12.4. The third kappa shape index (κ3) is 2.70. The number of nitrogens with zero attached hydrogens (tertiary/aromatic N) is 1. The first-order chi connectivity index (χ1) is 7.48. The summed E-state index contributed by atoms with van der Waals surface area (Å²) in [6.07, 6.45) is 3.20. The fourth-order valence-electron chi connectivity index (χ4n) is 1.30. The first-order valence-corrected chi connectivity index (χ1v) is 5.15. The van der Waals surface area contributed by atoms with E-state index in [1.54, 1.807) is 30.8 Å². The quantitative estimate of drug-likeness (QED) is 0.733. The zero-order chi connectivity index (χ0) is 12.2. The summed E-state index contributed by atoms with van der Waals surface area (Å²) in [5, 5.41) is 2.72. The molecule has 0 aliphatic carbocycles. The molecule has 1 aromatic heterocycles. The van der Waals surface area contributed by atoms with Gasteiger partial charge in [-0.1, -0.05) is 0 Å². The standard InChI is InChI=1S/C11H17N3O2/c1-11(2,10(16)13-6-5-12)14-7-3-9(15)4-8-14/h3-4,7-8H,5-6,12H2,1-2H3,(H,13,16). The van der Waals surface area contributed by atoms with E-state index in [1.165, 1.54) is 12.1 Å². The Bertz CT molecular complexity index is 403. The van der Waals surface area contributed by atoms with Gasteiger partial charge >= 0.3 is 0 Å². The minimum absolute atomic E-state index is 0.0746. The highest BCUT2D eigenvalue weighted by atomic mass is 16.2. The van der Waals surface area contributed by atoms with E-state index < -0.39 is 5.54 Å². The molecule has 0 saturated carbocycles. The molecule has 16 heavy (non-hydrogen) atoms. The van der Waals surface area contributed by atoms with E-state index in [9.17, 15) is 9.59 Å². The topological polar surface area (TPSA) is 77.1 Å². The number of amides is 1. The molecule has 0 fully saturated rings. The summed E-state index contributed by atoms with van der Waals surface area (Å²) in [6.45, 7) is 4.42. The molecule has 3 N–H and O–H groups in total. The molecule has 0 saturated heterocycles. The second-order valence-electron chi connectivity index (χ2n) is 4.04. The van der Waals surface area contributed by atoms with E-state index in [4.69, 9.17) is 5.73 Å². The van der Waals surface area contributed by atoms with Crippen LogP contribution in [0.3, 0.4) is 0 Å². The zero-order valence-corrected chi connectivity index (χ0v) is 9.56. The number of aromatic nitrogens is 1. The number of carbonyl (C=O) groups is 1. The van der Waals surface area contributed by atoms with Crippen LogP contribution in [-0.4, -0.2) is 23.6 Å². The second-order valence-corrected chi connectivity index (χ2v) is 4.04. The van der Waals surface area contributed by atoms with Gasteiger partial charge in [0.15, 0.2) is 5.43 Å². The Kier molecular flexibility index (Phi) is 3.84. The van der Waals surface area contributed by atoms with Gasteiger partial charge < -0.3 is 15.6 Å². The largest absolute Gasteiger partial charge is 0.353 e. The van der Waals surface area contributed by atoms with Crippen molar-refractivity contribution in [3.8, 4) is 0 Å². The molecule has 0 bridgehead atoms. The normalized spacial score (nSPS) is 11.2. The summed E-state index contributed by atoms with van der Waals surface area (Å²) in [5.74, 6) is -0.124. The molecule has 5 heteroatoms. The molecule has 1 amide bonds. The van der Waals surface area contributed by atoms with Crippen LogP contribution < -0.4 is 16.5 Å². The molecule has 0 aliphatic heterocycles. The average molecular weight is 223 g/mol. The highest BCUT2D eigenvalue weighted by molar-refractivity contribution is 5.83. The van der Waals surface area contributed by atoms with Crippen molar-refractivity contribution in [3.63, 3.8) is 0 Å². The lowest BCUT2D eigenvalue weighted by Crippen LogP contribution is -2.45. The van der Waals surface area contributed by atoms with Gasteiger partial charge in [0.05, 0.1) is 0 Å². The van der Waals surface area contributed by atoms with Crippen LogP contribution in [0.1, 0.15) is 13.8 Å². The minimum atomic E-state index is -0.733. The van der Waals surface area contributed by atoms with Crippen LogP contribution in [0.4, 0.5) is 0 Å². The first-order valence-electron chi connectivity index (χ1n) is 5.15. The van der Waals surface area contributed by atoms with Crippen molar-refractivity contribution in [2.75, 3.05) is 13.1 Å². The van der Waals surface area contributed by atoms with E-state index in [1.807, 2.05) is 0 Å². The van der Waals surface area contributed by atoms with E-state index >= 15 is 0 Å². The molecule has 0 unspecified atom stereocenters. The van der Waals surface area contributed by atoms with Crippen LogP contribution in [0, 0.1) is 0 Å². The Morgan fingerprint density at radius 3 is 2.50 bits per heavy atom. The predicted molar refractivity (Wildman–Crippen MR) is 62.1 cm³/mol. The van der Waals surface area contributed by atoms with Gasteiger partial charge in [-0.3, -0.25) is 9.59 Å². The third-order valence-electron chi connectivity index (χ3n) is 2.43. The monoisotopic (exact) mass is 223 g/mol. The van der Waals surface area contributed by atoms with Gasteiger partial charge in [0.1, 0.15) is 5.54 Å². The minimum Gasteiger partial charge on any atom is -0.353 e. The molecule has 0 spiro atoms. The number of pyridine rings is 1. The molecule has 0 aliphatic rings. The molecule has 1 aromatic rings. The summed E-state index contributed by atoms with van der Waals surface area (Å²) in [6, 6.07) is 2.86. The summed E-state index contributed by atoms with van der Waals surface area (Å²) in [7, 11) is 0. The maximum atomic E-state index is 11.8. The molecule has 0 atom stereocenters. The molecule has 0 radical (unpaired) electrons. The molecule has 1 heterocycles. The highest BCUT2D eigenvalue weighted by Gasteiger charge is 2.27. The van der Waals surface area contributed by atoms with Gasteiger partial charge in [-0.05, 0) is 13.8 Å². The van der Waals surface area contributed by atoms with Crippen molar-refractivity contribution in [1.29, 1.82) is 0 Å². The van der Waals surface area contributed by atoms with E-state index in [-0.39, 0.29) is 11.3 Å². The SMILES string of the molecule is CC(C)(C(=O)NCCN)n1ccc(=O)cc1. The van der Waals surface area contributed by atoms with Crippen LogP contribution in [-0.2, 0) is 10.3 Å². The van der Waals surface area contributed by atoms with Crippen LogP contribution in [0.2, 0.25) is 0 Å². The second kappa shape index (κ2) is 4.94. The fraction of sp³-hybridized carbons (Fsp3) is 0.455. The van der Waals surface area contributed by atoms with Crippen LogP contribution in [0.25, 0.3) is 0 Å². The Labute approximate surface area is 94.3 Å². The van der Waals surface area contributed by atoms with Gasteiger partial charge in [-0.15, -0.1) is 0 Å². The number of nitrogens with two attached hydrogens (primary N) is 1. The number of nitrogens with one attached hydrogen (secondary N) is 1. The third-order valence-corrected chi connectivity index (χ3v) is 2.43. The van der Waals surface area contributed by atoms with Crippen LogP contribution in [0.15, 0.2) is 29.3 Å². The Morgan fingerprint density at radius 1 is 1.44 bits per heavy atom. The van der Waals surface area contributed by atoms with E-state index in [0.717, 1.165) is 0 Å². The Morgan fingerprint density at radius 2 is 2.00 bits per heavy atom. The van der Waals surface area contributed by atoms with Crippen molar-refractivity contribution in [2.24, 2.45) is 5.73 Å². The summed E-state index contributed by atoms with van der Waals surface area (Å²) < 4.78 is 1.69. The average Bonchev–Trinajstić information content (AvgIpc) is 2.26. The van der Waals surface area contributed by atoms with E-state index in [2.05, 4.69) is 5.32 Å². The van der Waals surface area contributed by atoms with Crippen molar-refractivity contribution >= 4 is 5.91 Å². The zero-order valence-electron chi connectivity index (χ0n) is 9.56. The predicted octanol–water partition coefficient (Wildman–Crippen LogP) is -0.342. The summed E-state index contributed by atoms with van der Waals surface area (Å²) in [4.78, 5) is 22.8. The lowest BCUT2D eigenvalue weighted by atomic mass is 10.0. The number of hydrogen-bond acceptors (Lipinski definition) is 3. The van der Waals surface area contributed by atoms with Gasteiger partial charge in [0, 0.05) is 37.6 Å². The van der Waals surface area contributed by atoms with Gasteiger partial charge in [0.2, 0.25) is 5.91 Å². The number of rotatable bonds is 4. The lowest BCUT2D eigenvalue weighted by molar-refractivity contribution is -0.128. The van der Waals surface area contributed by atoms with Crippen LogP contribution in [0.5, 0.6) is 0 Å². The van der Waals surface area contributed by atoms with Gasteiger partial charge in [-0.2, -0.15) is 0 Å². The maximum Gasteiger partial charge on any atom is 0.245 e. The Balaban J connectivity index is 2.87. The van der Waals surface area contributed by atoms with Crippen molar-refractivity contribution in [1.82, 2.24) is 9.88 Å². The molecular formula is C11H17N3O2. The maximum absolute atomic E-state index is 11.8.